The van der Waals surface area contributed by atoms with Crippen molar-refractivity contribution in [2.45, 2.75) is 39.4 Å². The van der Waals surface area contributed by atoms with Gasteiger partial charge in [-0.1, -0.05) is 6.92 Å². The largest absolute Gasteiger partial charge is 0.478 e. The molecule has 0 heterocycles. The van der Waals surface area contributed by atoms with E-state index in [0.717, 1.165) is 18.6 Å². The van der Waals surface area contributed by atoms with Crippen LogP contribution >= 0.6 is 0 Å². The molecule has 112 valence electrons. The van der Waals surface area contributed by atoms with Crippen molar-refractivity contribution in [3.8, 4) is 0 Å². The molecule has 1 rings (SSSR count). The van der Waals surface area contributed by atoms with Gasteiger partial charge in [-0.05, 0) is 38.5 Å². The summed E-state index contributed by atoms with van der Waals surface area (Å²) in [5.41, 5.74) is -1.44. The lowest BCUT2D eigenvalue weighted by atomic mass is 10.0. The Kier molecular flexibility index (Phi) is 5.03. The highest BCUT2D eigenvalue weighted by Gasteiger charge is 2.36. The molecule has 0 aromatic heterocycles. The number of halogens is 3. The number of rotatable bonds is 5. The van der Waals surface area contributed by atoms with Crippen molar-refractivity contribution in [2.75, 3.05) is 11.4 Å². The van der Waals surface area contributed by atoms with Gasteiger partial charge in [-0.3, -0.25) is 0 Å². The maximum absolute atomic E-state index is 13.0. The topological polar surface area (TPSA) is 40.5 Å². The van der Waals surface area contributed by atoms with E-state index in [0.29, 0.717) is 12.2 Å². The van der Waals surface area contributed by atoms with E-state index in [1.54, 1.807) is 0 Å². The number of carboxylic acids is 1. The first-order valence-electron chi connectivity index (χ1n) is 6.43. The lowest BCUT2D eigenvalue weighted by Crippen LogP contribution is -2.32. The van der Waals surface area contributed by atoms with Gasteiger partial charge in [-0.2, -0.15) is 13.2 Å². The number of nitrogens with zero attached hydrogens (tertiary/aromatic N) is 1. The predicted molar refractivity (Wildman–Crippen MR) is 71.2 cm³/mol. The Bertz CT molecular complexity index is 486. The fourth-order valence-corrected chi connectivity index (χ4v) is 2.10. The molecular formula is C14H18F3NO2. The van der Waals surface area contributed by atoms with Crippen LogP contribution in [0, 0.1) is 0 Å². The number of carboxylic acid groups (broad SMARTS) is 1. The van der Waals surface area contributed by atoms with Crippen molar-refractivity contribution in [1.82, 2.24) is 0 Å². The van der Waals surface area contributed by atoms with Crippen LogP contribution in [-0.2, 0) is 6.18 Å². The van der Waals surface area contributed by atoms with Crippen LogP contribution in [0.5, 0.6) is 0 Å². The number of benzene rings is 1. The Morgan fingerprint density at radius 2 is 1.95 bits per heavy atom. The van der Waals surface area contributed by atoms with Crippen molar-refractivity contribution in [3.63, 3.8) is 0 Å². The van der Waals surface area contributed by atoms with Crippen LogP contribution in [0.4, 0.5) is 18.9 Å². The zero-order valence-corrected chi connectivity index (χ0v) is 11.7. The van der Waals surface area contributed by atoms with Gasteiger partial charge in [0.15, 0.2) is 0 Å². The Balaban J connectivity index is 3.35. The summed E-state index contributed by atoms with van der Waals surface area (Å²) in [6.45, 7) is 6.27. The molecule has 1 N–H and O–H groups in total. The monoisotopic (exact) mass is 289 g/mol. The van der Waals surface area contributed by atoms with Gasteiger partial charge in [0.05, 0.1) is 11.1 Å². The van der Waals surface area contributed by atoms with Gasteiger partial charge in [0.1, 0.15) is 0 Å². The second-order valence-corrected chi connectivity index (χ2v) is 4.58. The summed E-state index contributed by atoms with van der Waals surface area (Å²) in [7, 11) is 0. The third kappa shape index (κ3) is 3.43. The van der Waals surface area contributed by atoms with E-state index >= 15 is 0 Å². The van der Waals surface area contributed by atoms with Crippen molar-refractivity contribution < 1.29 is 23.1 Å². The summed E-state index contributed by atoms with van der Waals surface area (Å²) >= 11 is 0. The second kappa shape index (κ2) is 6.15. The van der Waals surface area contributed by atoms with E-state index in [9.17, 15) is 18.0 Å². The van der Waals surface area contributed by atoms with Gasteiger partial charge in [-0.15, -0.1) is 0 Å². The zero-order chi connectivity index (χ0) is 15.5. The molecule has 0 saturated heterocycles. The van der Waals surface area contributed by atoms with E-state index in [-0.39, 0.29) is 6.04 Å². The van der Waals surface area contributed by atoms with Crippen LogP contribution in [-0.4, -0.2) is 23.7 Å². The number of anilines is 1. The molecule has 0 spiro atoms. The minimum Gasteiger partial charge on any atom is -0.478 e. The van der Waals surface area contributed by atoms with Gasteiger partial charge in [0, 0.05) is 18.3 Å². The maximum atomic E-state index is 13.0. The molecule has 6 heteroatoms. The first-order chi connectivity index (χ1) is 9.22. The molecule has 0 radical (unpaired) electrons. The normalized spacial score (nSPS) is 13.1. The Labute approximate surface area is 116 Å². The molecule has 0 aliphatic heterocycles. The molecule has 0 amide bonds. The third-order valence-electron chi connectivity index (χ3n) is 3.33. The van der Waals surface area contributed by atoms with Crippen molar-refractivity contribution >= 4 is 11.7 Å². The number of alkyl halides is 3. The van der Waals surface area contributed by atoms with Crippen molar-refractivity contribution in [1.29, 1.82) is 0 Å². The SMILES string of the molecule is CCC(C)N(CC)c1ccc(C(=O)O)c(C(F)(F)F)c1. The predicted octanol–water partition coefficient (Wildman–Crippen LogP) is 4.03. The van der Waals surface area contributed by atoms with E-state index in [1.807, 2.05) is 25.7 Å². The first kappa shape index (κ1) is 16.3. The average molecular weight is 289 g/mol. The Morgan fingerprint density at radius 3 is 2.35 bits per heavy atom. The smallest absolute Gasteiger partial charge is 0.417 e. The standard InChI is InChI=1S/C14H18F3NO2/c1-4-9(3)18(5-2)10-6-7-11(13(19)20)12(8-10)14(15,16)17/h6-9H,4-5H2,1-3H3,(H,19,20). The molecule has 0 aliphatic carbocycles. The zero-order valence-electron chi connectivity index (χ0n) is 11.7. The molecule has 0 fully saturated rings. The van der Waals surface area contributed by atoms with E-state index in [1.165, 1.54) is 6.07 Å². The van der Waals surface area contributed by atoms with Gasteiger partial charge in [0.25, 0.3) is 0 Å². The lowest BCUT2D eigenvalue weighted by Gasteiger charge is -2.30. The van der Waals surface area contributed by atoms with Crippen LogP contribution in [0.3, 0.4) is 0 Å². The van der Waals surface area contributed by atoms with Crippen LogP contribution in [0.25, 0.3) is 0 Å². The molecule has 3 nitrogen and oxygen atoms in total. The average Bonchev–Trinajstić information content (AvgIpc) is 2.37. The summed E-state index contributed by atoms with van der Waals surface area (Å²) < 4.78 is 38.9. The van der Waals surface area contributed by atoms with Crippen molar-refractivity contribution in [2.24, 2.45) is 0 Å². The Morgan fingerprint density at radius 1 is 1.35 bits per heavy atom. The fourth-order valence-electron chi connectivity index (χ4n) is 2.10. The van der Waals surface area contributed by atoms with E-state index < -0.39 is 23.3 Å². The number of aromatic carboxylic acids is 1. The lowest BCUT2D eigenvalue weighted by molar-refractivity contribution is -0.138. The number of hydrogen-bond acceptors (Lipinski definition) is 2. The quantitative estimate of drug-likeness (QED) is 0.889. The maximum Gasteiger partial charge on any atom is 0.417 e. The van der Waals surface area contributed by atoms with Crippen LogP contribution in [0.2, 0.25) is 0 Å². The van der Waals surface area contributed by atoms with Crippen LogP contribution in [0.15, 0.2) is 18.2 Å². The number of carbonyl (C=O) groups is 1. The highest BCUT2D eigenvalue weighted by atomic mass is 19.4. The van der Waals surface area contributed by atoms with Gasteiger partial charge >= 0.3 is 12.1 Å². The Hall–Kier alpha value is -1.72. The molecular weight excluding hydrogens is 271 g/mol. The molecule has 1 unspecified atom stereocenters. The third-order valence-corrected chi connectivity index (χ3v) is 3.33. The summed E-state index contributed by atoms with van der Waals surface area (Å²) in [4.78, 5) is 12.7. The molecule has 0 bridgehead atoms. The molecule has 1 aromatic rings. The highest BCUT2D eigenvalue weighted by molar-refractivity contribution is 5.90. The molecule has 1 atom stereocenters. The fraction of sp³-hybridized carbons (Fsp3) is 0.500. The van der Waals surface area contributed by atoms with Gasteiger partial charge < -0.3 is 10.0 Å². The van der Waals surface area contributed by atoms with Crippen LogP contribution < -0.4 is 4.90 Å². The summed E-state index contributed by atoms with van der Waals surface area (Å²) in [5.74, 6) is -1.57. The van der Waals surface area contributed by atoms with E-state index in [4.69, 9.17) is 5.11 Å². The highest BCUT2D eigenvalue weighted by Crippen LogP contribution is 2.35. The van der Waals surface area contributed by atoms with Crippen LogP contribution in [0.1, 0.15) is 43.1 Å². The minimum atomic E-state index is -4.68. The molecule has 1 aromatic carbocycles. The second-order valence-electron chi connectivity index (χ2n) is 4.58. The minimum absolute atomic E-state index is 0.0803. The van der Waals surface area contributed by atoms with Gasteiger partial charge in [0.2, 0.25) is 0 Å². The first-order valence-corrected chi connectivity index (χ1v) is 6.43. The number of hydrogen-bond donors (Lipinski definition) is 1. The van der Waals surface area contributed by atoms with E-state index in [2.05, 4.69) is 0 Å². The van der Waals surface area contributed by atoms with Gasteiger partial charge in [-0.25, -0.2) is 4.79 Å². The molecule has 0 aliphatic rings. The van der Waals surface area contributed by atoms with Crippen molar-refractivity contribution in [3.05, 3.63) is 29.3 Å². The summed E-state index contributed by atoms with van der Waals surface area (Å²) in [6.07, 6.45) is -3.89. The summed E-state index contributed by atoms with van der Waals surface area (Å²) in [5, 5.41) is 8.86. The molecule has 20 heavy (non-hydrogen) atoms. The summed E-state index contributed by atoms with van der Waals surface area (Å²) in [6, 6.07) is 3.44. The molecule has 0 saturated carbocycles.